The van der Waals surface area contributed by atoms with Crippen molar-refractivity contribution >= 4 is 40.1 Å². The van der Waals surface area contributed by atoms with Crippen LogP contribution in [-0.2, 0) is 14.9 Å². The Hall–Kier alpha value is -3.40. The van der Waals surface area contributed by atoms with Gasteiger partial charge in [-0.05, 0) is 45.4 Å². The number of aromatic nitrogens is 1. The molecule has 0 bridgehead atoms. The van der Waals surface area contributed by atoms with Gasteiger partial charge in [-0.3, -0.25) is 9.78 Å². The maximum Gasteiger partial charge on any atom is 0.407 e. The second kappa shape index (κ2) is 12.2. The first-order chi connectivity index (χ1) is 18.6. The molecule has 2 unspecified atom stereocenters. The number of nitrogens with zero attached hydrogens (tertiary/aromatic N) is 1. The summed E-state index contributed by atoms with van der Waals surface area (Å²) >= 11 is 6.38. The van der Waals surface area contributed by atoms with Crippen LogP contribution in [0.25, 0.3) is 10.8 Å². The quantitative estimate of drug-likeness (QED) is 0.309. The van der Waals surface area contributed by atoms with Crippen molar-refractivity contribution in [1.29, 1.82) is 0 Å². The topological polar surface area (TPSA) is 122 Å². The lowest BCUT2D eigenvalue weighted by Crippen LogP contribution is -2.53. The standard InChI is InChI=1S/C29H35ClN4O5/c1-28(2,3)39-27(37)33-21(10-12-35)16-32-18-29(11-13-38-25-9-8-20(30)14-23(25)29)26(36)34-24-17-31-15-19-6-4-5-7-22(19)24/h4-9,14-15,17,21,32,35H,10-13,16,18H2,1-3H3,(H,33,37)(H,34,36). The number of hydrogen-bond acceptors (Lipinski definition) is 7. The van der Waals surface area contributed by atoms with Crippen LogP contribution in [0, 0.1) is 0 Å². The van der Waals surface area contributed by atoms with Crippen molar-refractivity contribution in [2.75, 3.05) is 31.6 Å². The summed E-state index contributed by atoms with van der Waals surface area (Å²) in [5, 5.41) is 21.1. The average molecular weight is 555 g/mol. The summed E-state index contributed by atoms with van der Waals surface area (Å²) < 4.78 is 11.3. The van der Waals surface area contributed by atoms with Gasteiger partial charge in [0.1, 0.15) is 11.4 Å². The molecule has 0 fully saturated rings. The SMILES string of the molecule is CC(C)(C)OC(=O)NC(CCO)CNCC1(C(=O)Nc2cncc3ccccc23)CCOc2ccc(Cl)cc21. The van der Waals surface area contributed by atoms with E-state index in [2.05, 4.69) is 20.9 Å². The van der Waals surface area contributed by atoms with E-state index in [1.165, 1.54) is 0 Å². The fourth-order valence-electron chi connectivity index (χ4n) is 4.74. The number of alkyl carbamates (subject to hydrolysis) is 1. The monoisotopic (exact) mass is 554 g/mol. The van der Waals surface area contributed by atoms with Crippen LogP contribution >= 0.6 is 11.6 Å². The van der Waals surface area contributed by atoms with E-state index in [0.29, 0.717) is 48.0 Å². The number of amides is 2. The Morgan fingerprint density at radius 1 is 1.21 bits per heavy atom. The van der Waals surface area contributed by atoms with Gasteiger partial charge >= 0.3 is 6.09 Å². The molecule has 0 aliphatic carbocycles. The number of hydrogen-bond donors (Lipinski definition) is 4. The third-order valence-corrected chi connectivity index (χ3v) is 6.85. The molecule has 0 spiro atoms. The number of pyridine rings is 1. The maximum atomic E-state index is 14.1. The third kappa shape index (κ3) is 6.98. The number of carbonyl (C=O) groups excluding carboxylic acids is 2. The second-order valence-corrected chi connectivity index (χ2v) is 11.1. The Kier molecular flexibility index (Phi) is 8.94. The Morgan fingerprint density at radius 3 is 2.77 bits per heavy atom. The number of anilines is 1. The van der Waals surface area contributed by atoms with Gasteiger partial charge in [0.15, 0.2) is 0 Å². The van der Waals surface area contributed by atoms with Gasteiger partial charge in [0, 0.05) is 59.7 Å². The fourth-order valence-corrected chi connectivity index (χ4v) is 4.92. The van der Waals surface area contributed by atoms with Gasteiger partial charge in [-0.1, -0.05) is 35.9 Å². The molecule has 1 aromatic heterocycles. The lowest BCUT2D eigenvalue weighted by atomic mass is 9.74. The zero-order valence-electron chi connectivity index (χ0n) is 22.4. The fraction of sp³-hybridized carbons (Fsp3) is 0.414. The second-order valence-electron chi connectivity index (χ2n) is 10.7. The lowest BCUT2D eigenvalue weighted by Gasteiger charge is -2.38. The summed E-state index contributed by atoms with van der Waals surface area (Å²) in [4.78, 5) is 30.8. The first-order valence-corrected chi connectivity index (χ1v) is 13.4. The van der Waals surface area contributed by atoms with Gasteiger partial charge in [-0.2, -0.15) is 0 Å². The molecule has 2 atom stereocenters. The van der Waals surface area contributed by atoms with E-state index in [1.807, 2.05) is 24.3 Å². The van der Waals surface area contributed by atoms with Crippen molar-refractivity contribution in [2.24, 2.45) is 0 Å². The average Bonchev–Trinajstić information content (AvgIpc) is 2.88. The smallest absolute Gasteiger partial charge is 0.407 e. The molecule has 2 amide bonds. The van der Waals surface area contributed by atoms with E-state index in [1.54, 1.807) is 51.4 Å². The number of ether oxygens (including phenoxy) is 2. The highest BCUT2D eigenvalue weighted by molar-refractivity contribution is 6.30. The number of halogens is 1. The first kappa shape index (κ1) is 28.6. The Labute approximate surface area is 233 Å². The molecule has 10 heteroatoms. The van der Waals surface area contributed by atoms with Gasteiger partial charge in [0.2, 0.25) is 5.91 Å². The molecule has 2 heterocycles. The molecular weight excluding hydrogens is 520 g/mol. The zero-order chi connectivity index (χ0) is 28.0. The summed E-state index contributed by atoms with van der Waals surface area (Å²) in [5.41, 5.74) is -0.383. The van der Waals surface area contributed by atoms with Crippen molar-refractivity contribution in [1.82, 2.24) is 15.6 Å². The van der Waals surface area contributed by atoms with Gasteiger partial charge in [-0.15, -0.1) is 0 Å². The van der Waals surface area contributed by atoms with E-state index in [0.717, 1.165) is 10.8 Å². The van der Waals surface area contributed by atoms with Crippen LogP contribution in [0.5, 0.6) is 5.75 Å². The van der Waals surface area contributed by atoms with E-state index < -0.39 is 23.2 Å². The minimum atomic E-state index is -1.02. The normalized spacial score (nSPS) is 17.6. The number of fused-ring (bicyclic) bond motifs is 2. The van der Waals surface area contributed by atoms with Crippen molar-refractivity contribution in [3.8, 4) is 5.75 Å². The van der Waals surface area contributed by atoms with Crippen LogP contribution in [0.1, 0.15) is 39.2 Å². The summed E-state index contributed by atoms with van der Waals surface area (Å²) in [6.45, 7) is 6.13. The van der Waals surface area contributed by atoms with E-state index in [4.69, 9.17) is 21.1 Å². The highest BCUT2D eigenvalue weighted by atomic mass is 35.5. The van der Waals surface area contributed by atoms with Gasteiger partial charge in [-0.25, -0.2) is 4.79 Å². The summed E-state index contributed by atoms with van der Waals surface area (Å²) in [7, 11) is 0. The minimum Gasteiger partial charge on any atom is -0.493 e. The highest BCUT2D eigenvalue weighted by Crippen LogP contribution is 2.41. The molecule has 9 nitrogen and oxygen atoms in total. The summed E-state index contributed by atoms with van der Waals surface area (Å²) in [6, 6.07) is 12.6. The molecular formula is C29H35ClN4O5. The van der Waals surface area contributed by atoms with Crippen LogP contribution in [0.3, 0.4) is 0 Å². The predicted molar refractivity (Wildman–Crippen MR) is 151 cm³/mol. The van der Waals surface area contributed by atoms with Crippen LogP contribution in [0.15, 0.2) is 54.9 Å². The van der Waals surface area contributed by atoms with E-state index in [9.17, 15) is 14.7 Å². The Balaban J connectivity index is 1.59. The van der Waals surface area contributed by atoms with Crippen LogP contribution in [0.2, 0.25) is 5.02 Å². The summed E-state index contributed by atoms with van der Waals surface area (Å²) in [5.74, 6) is 0.371. The van der Waals surface area contributed by atoms with Crippen molar-refractivity contribution in [3.05, 3.63) is 65.4 Å². The highest BCUT2D eigenvalue weighted by Gasteiger charge is 2.45. The third-order valence-electron chi connectivity index (χ3n) is 6.61. The molecule has 1 aliphatic rings. The van der Waals surface area contributed by atoms with Crippen LogP contribution in [0.4, 0.5) is 10.5 Å². The number of rotatable bonds is 9. The minimum absolute atomic E-state index is 0.117. The number of aliphatic hydroxyl groups is 1. The van der Waals surface area contributed by atoms with Crippen molar-refractivity contribution < 1.29 is 24.2 Å². The molecule has 4 rings (SSSR count). The van der Waals surface area contributed by atoms with Gasteiger partial charge in [0.05, 0.1) is 23.9 Å². The maximum absolute atomic E-state index is 14.1. The molecule has 39 heavy (non-hydrogen) atoms. The van der Waals surface area contributed by atoms with Crippen molar-refractivity contribution in [2.45, 2.75) is 50.7 Å². The number of aliphatic hydroxyl groups excluding tert-OH is 1. The molecule has 0 saturated carbocycles. The molecule has 2 aromatic carbocycles. The van der Waals surface area contributed by atoms with Crippen LogP contribution in [-0.4, -0.2) is 60.0 Å². The van der Waals surface area contributed by atoms with Gasteiger partial charge in [0.25, 0.3) is 0 Å². The molecule has 0 radical (unpaired) electrons. The number of nitrogens with one attached hydrogen (secondary N) is 3. The first-order valence-electron chi connectivity index (χ1n) is 13.0. The van der Waals surface area contributed by atoms with E-state index >= 15 is 0 Å². The van der Waals surface area contributed by atoms with Crippen LogP contribution < -0.4 is 20.7 Å². The predicted octanol–water partition coefficient (Wildman–Crippen LogP) is 4.41. The van der Waals surface area contributed by atoms with Crippen molar-refractivity contribution in [3.63, 3.8) is 0 Å². The van der Waals surface area contributed by atoms with E-state index in [-0.39, 0.29) is 19.1 Å². The zero-order valence-corrected chi connectivity index (χ0v) is 23.2. The number of carbonyl (C=O) groups is 2. The largest absolute Gasteiger partial charge is 0.493 e. The molecule has 208 valence electrons. The summed E-state index contributed by atoms with van der Waals surface area (Å²) in [6.07, 6.45) is 3.55. The number of benzene rings is 2. The lowest BCUT2D eigenvalue weighted by molar-refractivity contribution is -0.122. The van der Waals surface area contributed by atoms with Gasteiger partial charge < -0.3 is 30.5 Å². The molecule has 0 saturated heterocycles. The Bertz CT molecular complexity index is 1320. The Morgan fingerprint density at radius 2 is 2.00 bits per heavy atom. The molecule has 1 aliphatic heterocycles. The molecule has 3 aromatic rings. The molecule has 4 N–H and O–H groups in total.